The smallest absolute Gasteiger partial charge is 0.416 e. The molecule has 0 unspecified atom stereocenters. The summed E-state index contributed by atoms with van der Waals surface area (Å²) in [5.74, 6) is -0.0901. The lowest BCUT2D eigenvalue weighted by Crippen LogP contribution is -2.48. The highest BCUT2D eigenvalue weighted by Gasteiger charge is 2.39. The highest BCUT2D eigenvalue weighted by atomic mass is 19.4. The molecule has 39 heavy (non-hydrogen) atoms. The number of carbonyl (C=O) groups is 2. The van der Waals surface area contributed by atoms with E-state index in [0.29, 0.717) is 37.5 Å². The van der Waals surface area contributed by atoms with Crippen molar-refractivity contribution in [3.63, 3.8) is 0 Å². The average Bonchev–Trinajstić information content (AvgIpc) is 3.33. The van der Waals surface area contributed by atoms with Crippen LogP contribution < -0.4 is 15.4 Å². The molecule has 1 aromatic carbocycles. The number of methoxy groups -OCH3 is 1. The second-order valence-electron chi connectivity index (χ2n) is 10.0. The zero-order valence-electron chi connectivity index (χ0n) is 22.2. The largest absolute Gasteiger partial charge is 0.481 e. The number of alkyl halides is 3. The Hall–Kier alpha value is -3.18. The number of hydrogen-bond donors (Lipinski definition) is 2. The number of nitrogens with one attached hydrogen (secondary N) is 2. The third-order valence-corrected chi connectivity index (χ3v) is 7.54. The first-order chi connectivity index (χ1) is 18.7. The van der Waals surface area contributed by atoms with E-state index >= 15 is 0 Å². The van der Waals surface area contributed by atoms with Crippen LogP contribution in [0.3, 0.4) is 0 Å². The highest BCUT2D eigenvalue weighted by Crippen LogP contribution is 2.36. The molecule has 11 heteroatoms. The molecule has 1 aliphatic heterocycles. The van der Waals surface area contributed by atoms with Crippen LogP contribution >= 0.6 is 0 Å². The first-order valence-electron chi connectivity index (χ1n) is 13.3. The van der Waals surface area contributed by atoms with Gasteiger partial charge in [-0.05, 0) is 62.3 Å². The predicted molar refractivity (Wildman–Crippen MR) is 138 cm³/mol. The maximum atomic E-state index is 12.9. The standard InChI is InChI=1S/C28H35F3N4O4/c1-3-39-24-17-35(22-10-7-18(8-11-22)20-9-12-26(38-2)32-14-20)16-23(24)34-25(36)15-33-27(37)19-5-4-6-21(13-19)28(29,30)31/h4-6,9,12-14,18,22-24H,3,7-8,10-11,15-17H2,1-2H3,(H,33,37)(H,34,36)/t18?,22?,23-,24-/m0/s1. The summed E-state index contributed by atoms with van der Waals surface area (Å²) >= 11 is 0. The van der Waals surface area contributed by atoms with E-state index in [9.17, 15) is 22.8 Å². The zero-order chi connectivity index (χ0) is 28.0. The van der Waals surface area contributed by atoms with Crippen LogP contribution in [0.25, 0.3) is 0 Å². The Labute approximate surface area is 226 Å². The molecule has 2 heterocycles. The molecule has 2 N–H and O–H groups in total. The molecule has 4 rings (SSSR count). The van der Waals surface area contributed by atoms with Crippen LogP contribution in [-0.4, -0.2) is 73.2 Å². The van der Waals surface area contributed by atoms with Gasteiger partial charge in [-0.25, -0.2) is 4.98 Å². The number of benzene rings is 1. The molecule has 2 amide bonds. The lowest BCUT2D eigenvalue weighted by atomic mass is 9.82. The van der Waals surface area contributed by atoms with E-state index in [0.717, 1.165) is 37.8 Å². The van der Waals surface area contributed by atoms with Gasteiger partial charge in [-0.15, -0.1) is 0 Å². The van der Waals surface area contributed by atoms with Crippen LogP contribution in [0.1, 0.15) is 60.0 Å². The van der Waals surface area contributed by atoms with Crippen molar-refractivity contribution in [1.29, 1.82) is 0 Å². The van der Waals surface area contributed by atoms with Crippen molar-refractivity contribution in [3.05, 3.63) is 59.3 Å². The molecule has 8 nitrogen and oxygen atoms in total. The Morgan fingerprint density at radius 1 is 1.10 bits per heavy atom. The lowest BCUT2D eigenvalue weighted by molar-refractivity contribution is -0.137. The molecule has 0 radical (unpaired) electrons. The fourth-order valence-electron chi connectivity index (χ4n) is 5.51. The van der Waals surface area contributed by atoms with Crippen LogP contribution in [0.15, 0.2) is 42.6 Å². The first-order valence-corrected chi connectivity index (χ1v) is 13.3. The number of likely N-dealkylation sites (tertiary alicyclic amines) is 1. The minimum Gasteiger partial charge on any atom is -0.481 e. The third-order valence-electron chi connectivity index (χ3n) is 7.54. The van der Waals surface area contributed by atoms with E-state index < -0.39 is 23.6 Å². The van der Waals surface area contributed by atoms with Gasteiger partial charge in [0.2, 0.25) is 11.8 Å². The Morgan fingerprint density at radius 3 is 2.51 bits per heavy atom. The molecule has 212 valence electrons. The quantitative estimate of drug-likeness (QED) is 0.496. The van der Waals surface area contributed by atoms with Gasteiger partial charge in [-0.2, -0.15) is 13.2 Å². The topological polar surface area (TPSA) is 92.8 Å². The SMILES string of the molecule is CCO[C@H]1CN(C2CCC(c3ccc(OC)nc3)CC2)C[C@@H]1NC(=O)CNC(=O)c1cccc(C(F)(F)F)c1. The van der Waals surface area contributed by atoms with E-state index in [4.69, 9.17) is 9.47 Å². The molecule has 2 aromatic rings. The molecule has 1 saturated heterocycles. The van der Waals surface area contributed by atoms with Crippen molar-refractivity contribution in [2.45, 2.75) is 62.9 Å². The minimum atomic E-state index is -4.55. The Morgan fingerprint density at radius 2 is 1.87 bits per heavy atom. The van der Waals surface area contributed by atoms with Crippen LogP contribution in [-0.2, 0) is 15.7 Å². The van der Waals surface area contributed by atoms with E-state index in [1.165, 1.54) is 17.7 Å². The van der Waals surface area contributed by atoms with Crippen LogP contribution in [0.4, 0.5) is 13.2 Å². The van der Waals surface area contributed by atoms with Crippen molar-refractivity contribution < 1.29 is 32.2 Å². The molecule has 1 aliphatic carbocycles. The van der Waals surface area contributed by atoms with Gasteiger partial charge < -0.3 is 20.1 Å². The van der Waals surface area contributed by atoms with Crippen LogP contribution in [0, 0.1) is 0 Å². The van der Waals surface area contributed by atoms with Crippen molar-refractivity contribution in [2.24, 2.45) is 0 Å². The number of halogens is 3. The molecule has 0 bridgehead atoms. The van der Waals surface area contributed by atoms with E-state index in [-0.39, 0.29) is 24.3 Å². The van der Waals surface area contributed by atoms with Gasteiger partial charge in [0.1, 0.15) is 0 Å². The van der Waals surface area contributed by atoms with Gasteiger partial charge in [0.05, 0.1) is 31.4 Å². The number of pyridine rings is 1. The summed E-state index contributed by atoms with van der Waals surface area (Å²) in [6.45, 7) is 3.41. The van der Waals surface area contributed by atoms with Gasteiger partial charge in [0, 0.05) is 43.6 Å². The first kappa shape index (κ1) is 28.8. The zero-order valence-corrected chi connectivity index (χ0v) is 22.2. The minimum absolute atomic E-state index is 0.155. The van der Waals surface area contributed by atoms with Gasteiger partial charge in [0.25, 0.3) is 5.91 Å². The Bertz CT molecular complexity index is 1120. The Kier molecular flexibility index (Phi) is 9.45. The van der Waals surface area contributed by atoms with Gasteiger partial charge in [-0.3, -0.25) is 14.5 Å². The summed E-state index contributed by atoms with van der Waals surface area (Å²) < 4.78 is 49.9. The molecule has 1 saturated carbocycles. The van der Waals surface area contributed by atoms with E-state index in [2.05, 4.69) is 26.6 Å². The Balaban J connectivity index is 1.27. The van der Waals surface area contributed by atoms with Gasteiger partial charge in [0.15, 0.2) is 0 Å². The summed E-state index contributed by atoms with van der Waals surface area (Å²) in [5.41, 5.74) is 0.151. The lowest BCUT2D eigenvalue weighted by Gasteiger charge is -2.34. The predicted octanol–water partition coefficient (Wildman–Crippen LogP) is 3.77. The fraction of sp³-hybridized carbons (Fsp3) is 0.536. The van der Waals surface area contributed by atoms with Gasteiger partial charge in [-0.1, -0.05) is 12.1 Å². The highest BCUT2D eigenvalue weighted by molar-refractivity contribution is 5.96. The molecule has 0 spiro atoms. The second-order valence-corrected chi connectivity index (χ2v) is 10.0. The third kappa shape index (κ3) is 7.48. The van der Waals surface area contributed by atoms with E-state index in [1.54, 1.807) is 7.11 Å². The number of aromatic nitrogens is 1. The normalized spacial score (nSPS) is 23.8. The van der Waals surface area contributed by atoms with Crippen molar-refractivity contribution in [1.82, 2.24) is 20.5 Å². The van der Waals surface area contributed by atoms with Crippen molar-refractivity contribution >= 4 is 11.8 Å². The van der Waals surface area contributed by atoms with Gasteiger partial charge >= 0.3 is 6.18 Å². The summed E-state index contributed by atoms with van der Waals surface area (Å²) in [6, 6.07) is 8.23. The molecular formula is C28H35F3N4O4. The summed E-state index contributed by atoms with van der Waals surface area (Å²) in [5, 5.41) is 5.36. The number of ether oxygens (including phenoxy) is 2. The molecule has 2 aliphatic rings. The summed E-state index contributed by atoms with van der Waals surface area (Å²) in [7, 11) is 1.60. The average molecular weight is 549 g/mol. The monoisotopic (exact) mass is 548 g/mol. The number of nitrogens with zero attached hydrogens (tertiary/aromatic N) is 2. The molecular weight excluding hydrogens is 513 g/mol. The fourth-order valence-corrected chi connectivity index (χ4v) is 5.51. The maximum Gasteiger partial charge on any atom is 0.416 e. The van der Waals surface area contributed by atoms with Crippen molar-refractivity contribution in [2.75, 3.05) is 33.4 Å². The number of hydrogen-bond acceptors (Lipinski definition) is 6. The number of carbonyl (C=O) groups excluding carboxylic acids is 2. The van der Waals surface area contributed by atoms with Crippen molar-refractivity contribution in [3.8, 4) is 5.88 Å². The molecule has 2 atom stereocenters. The van der Waals surface area contributed by atoms with Crippen LogP contribution in [0.2, 0.25) is 0 Å². The summed E-state index contributed by atoms with van der Waals surface area (Å²) in [6.07, 6.45) is 1.32. The number of amides is 2. The van der Waals surface area contributed by atoms with E-state index in [1.807, 2.05) is 19.2 Å². The number of rotatable bonds is 9. The van der Waals surface area contributed by atoms with Crippen LogP contribution in [0.5, 0.6) is 5.88 Å². The summed E-state index contributed by atoms with van der Waals surface area (Å²) in [4.78, 5) is 31.7. The molecule has 1 aromatic heterocycles. The second kappa shape index (κ2) is 12.8. The molecule has 2 fully saturated rings. The maximum absolute atomic E-state index is 12.9.